The Bertz CT molecular complexity index is 1670. The number of hydrogen-bond acceptors (Lipinski definition) is 4. The van der Waals surface area contributed by atoms with Crippen LogP contribution in [0.15, 0.2) is 108 Å². The molecular weight excluding hydrogens is 518 g/mol. The molecule has 200 valence electrons. The lowest BCUT2D eigenvalue weighted by molar-refractivity contribution is -0.111. The van der Waals surface area contributed by atoms with Crippen molar-refractivity contribution in [2.75, 3.05) is 6.61 Å². The van der Waals surface area contributed by atoms with Crippen LogP contribution in [0.5, 0.6) is 5.75 Å². The summed E-state index contributed by atoms with van der Waals surface area (Å²) in [5, 5.41) is 13.1. The zero-order chi connectivity index (χ0) is 28.0. The third-order valence-electron chi connectivity index (χ3n) is 8.01. The lowest BCUT2D eigenvalue weighted by Crippen LogP contribution is -2.30. The number of hydrogen-bond donors (Lipinski definition) is 1. The zero-order valence-electron chi connectivity index (χ0n) is 22.4. The number of carbonyl (C=O) groups is 1. The van der Waals surface area contributed by atoms with Crippen LogP contribution in [0.4, 0.5) is 0 Å². The second-order valence-electron chi connectivity index (χ2n) is 10.8. The first kappa shape index (κ1) is 26.2. The maximum Gasteiger partial charge on any atom is 0.182 e. The van der Waals surface area contributed by atoms with Crippen LogP contribution in [0.25, 0.3) is 5.57 Å². The third kappa shape index (κ3) is 4.68. The Morgan fingerprint density at radius 3 is 2.65 bits per heavy atom. The molecule has 1 N–H and O–H groups in total. The summed E-state index contributed by atoms with van der Waals surface area (Å²) in [6, 6.07) is 19.3. The highest BCUT2D eigenvalue weighted by Gasteiger charge is 2.39. The molecule has 0 radical (unpaired) electrons. The number of aliphatic imine (C=N–C) groups is 1. The summed E-state index contributed by atoms with van der Waals surface area (Å²) in [5.41, 5.74) is 6.06. The molecule has 3 aromatic rings. The molecule has 2 heterocycles. The molecular formula is C35H30ClNO3. The highest BCUT2D eigenvalue weighted by Crippen LogP contribution is 2.45. The summed E-state index contributed by atoms with van der Waals surface area (Å²) < 4.78 is 6.14. The summed E-state index contributed by atoms with van der Waals surface area (Å²) in [6.45, 7) is 10.7. The number of allylic oxidation sites excluding steroid dienone is 2. The SMILES string of the molecule is C=C1C=NC=C1[C@@]1(O)c2ccc(Cl)c(c2)OCCc2cccc(c2)/C(=C/C(=O)C(=C)C2CC2)c2cc1ccc2C. The molecule has 0 saturated heterocycles. The van der Waals surface area contributed by atoms with Crippen LogP contribution in [0.1, 0.15) is 46.2 Å². The molecule has 6 bridgehead atoms. The summed E-state index contributed by atoms with van der Waals surface area (Å²) in [6.07, 6.45) is 7.65. The minimum Gasteiger partial charge on any atom is -0.492 e. The maximum absolute atomic E-state index is 13.4. The minimum atomic E-state index is -1.60. The van der Waals surface area contributed by atoms with Gasteiger partial charge >= 0.3 is 0 Å². The predicted octanol–water partition coefficient (Wildman–Crippen LogP) is 7.31. The van der Waals surface area contributed by atoms with Crippen molar-refractivity contribution >= 4 is 29.2 Å². The Morgan fingerprint density at radius 1 is 1.12 bits per heavy atom. The van der Waals surface area contributed by atoms with Gasteiger partial charge < -0.3 is 9.84 Å². The van der Waals surface area contributed by atoms with Crippen LogP contribution >= 0.6 is 11.6 Å². The minimum absolute atomic E-state index is 0.0601. The summed E-state index contributed by atoms with van der Waals surface area (Å²) in [7, 11) is 0. The largest absolute Gasteiger partial charge is 0.492 e. The fraction of sp³-hybridized carbons (Fsp3) is 0.200. The van der Waals surface area contributed by atoms with Crippen molar-refractivity contribution in [1.82, 2.24) is 0 Å². The number of fused-ring (bicyclic) bond motifs is 6. The summed E-state index contributed by atoms with van der Waals surface area (Å²) >= 11 is 6.53. The molecule has 1 atom stereocenters. The number of ether oxygens (including phenoxy) is 1. The Hall–Kier alpha value is -3.99. The highest BCUT2D eigenvalue weighted by molar-refractivity contribution is 6.32. The molecule has 1 saturated carbocycles. The van der Waals surface area contributed by atoms with Crippen molar-refractivity contribution in [2.24, 2.45) is 10.9 Å². The molecule has 5 heteroatoms. The van der Waals surface area contributed by atoms with Gasteiger partial charge in [-0.05, 0) is 100 Å². The van der Waals surface area contributed by atoms with Crippen molar-refractivity contribution in [1.29, 1.82) is 0 Å². The quantitative estimate of drug-likeness (QED) is 0.348. The standard InChI is InChI=1S/C35H30ClNO3/c1-21-7-10-27-16-29(21)30(18-33(38)23(3)25-8-9-25)26-6-4-5-24(15-26)13-14-40-34-17-28(11-12-32(34)36)35(27,39)31-20-37-19-22(31)2/h4-7,10-12,15-20,25,39H,2-3,8-9,13-14H2,1H3/b30-18-/t35-/m0/s1. The molecule has 0 amide bonds. The number of ketones is 1. The van der Waals surface area contributed by atoms with Crippen molar-refractivity contribution in [3.63, 3.8) is 0 Å². The number of halogens is 1. The van der Waals surface area contributed by atoms with E-state index in [-0.39, 0.29) is 11.7 Å². The maximum atomic E-state index is 13.4. The van der Waals surface area contributed by atoms with Gasteiger partial charge in [-0.3, -0.25) is 9.79 Å². The van der Waals surface area contributed by atoms with Gasteiger partial charge in [-0.2, -0.15) is 0 Å². The van der Waals surface area contributed by atoms with E-state index in [4.69, 9.17) is 16.3 Å². The van der Waals surface area contributed by atoms with E-state index >= 15 is 0 Å². The normalized spacial score (nSPS) is 21.0. The van der Waals surface area contributed by atoms with Crippen LogP contribution in [0, 0.1) is 12.8 Å². The van der Waals surface area contributed by atoms with Gasteiger partial charge in [-0.25, -0.2) is 0 Å². The van der Waals surface area contributed by atoms with Crippen LogP contribution in [-0.4, -0.2) is 23.7 Å². The summed E-state index contributed by atoms with van der Waals surface area (Å²) in [4.78, 5) is 17.7. The molecule has 3 aromatic carbocycles. The van der Waals surface area contributed by atoms with Crippen LogP contribution < -0.4 is 4.74 Å². The van der Waals surface area contributed by atoms with Crippen molar-refractivity contribution in [3.05, 3.63) is 141 Å². The van der Waals surface area contributed by atoms with E-state index < -0.39 is 5.60 Å². The van der Waals surface area contributed by atoms with Crippen molar-refractivity contribution in [3.8, 4) is 5.75 Å². The number of nitrogens with zero attached hydrogens (tertiary/aromatic N) is 1. The lowest BCUT2D eigenvalue weighted by atomic mass is 9.76. The molecule has 1 aliphatic carbocycles. The van der Waals surface area contributed by atoms with E-state index in [9.17, 15) is 9.90 Å². The van der Waals surface area contributed by atoms with Crippen LogP contribution in [0.3, 0.4) is 0 Å². The molecule has 6 rings (SSSR count). The van der Waals surface area contributed by atoms with Gasteiger partial charge in [0.1, 0.15) is 11.4 Å². The topological polar surface area (TPSA) is 58.9 Å². The van der Waals surface area contributed by atoms with Gasteiger partial charge in [0.2, 0.25) is 0 Å². The average Bonchev–Trinajstić information content (AvgIpc) is 3.71. The van der Waals surface area contributed by atoms with Crippen LogP contribution in [-0.2, 0) is 16.8 Å². The van der Waals surface area contributed by atoms with E-state index in [1.165, 1.54) is 0 Å². The zero-order valence-corrected chi connectivity index (χ0v) is 23.2. The van der Waals surface area contributed by atoms with E-state index in [2.05, 4.69) is 30.3 Å². The van der Waals surface area contributed by atoms with E-state index in [1.807, 2.05) is 37.3 Å². The first-order valence-electron chi connectivity index (χ1n) is 13.5. The molecule has 0 spiro atoms. The van der Waals surface area contributed by atoms with E-state index in [1.54, 1.807) is 36.7 Å². The molecule has 2 aliphatic heterocycles. The van der Waals surface area contributed by atoms with Gasteiger partial charge in [0.15, 0.2) is 5.78 Å². The molecule has 0 aromatic heterocycles. The van der Waals surface area contributed by atoms with Gasteiger partial charge in [-0.15, -0.1) is 0 Å². The van der Waals surface area contributed by atoms with E-state index in [0.717, 1.165) is 40.7 Å². The van der Waals surface area contributed by atoms with Gasteiger partial charge in [-0.1, -0.05) is 67.2 Å². The first-order chi connectivity index (χ1) is 19.3. The lowest BCUT2D eigenvalue weighted by Gasteiger charge is -2.32. The van der Waals surface area contributed by atoms with Crippen molar-refractivity contribution < 1.29 is 14.6 Å². The number of aryl methyl sites for hydroxylation is 1. The fourth-order valence-electron chi connectivity index (χ4n) is 5.48. The molecule has 4 nitrogen and oxygen atoms in total. The Morgan fingerprint density at radius 2 is 1.90 bits per heavy atom. The second kappa shape index (κ2) is 10.2. The first-order valence-corrected chi connectivity index (χ1v) is 13.9. The Labute approximate surface area is 239 Å². The number of carbonyl (C=O) groups excluding carboxylic acids is 1. The number of rotatable bonds is 4. The second-order valence-corrected chi connectivity index (χ2v) is 11.2. The molecule has 0 unspecified atom stereocenters. The number of benzene rings is 3. The average molecular weight is 548 g/mol. The molecule has 1 fully saturated rings. The van der Waals surface area contributed by atoms with Gasteiger partial charge in [0, 0.05) is 24.4 Å². The molecule has 40 heavy (non-hydrogen) atoms. The molecule has 3 aliphatic rings. The monoisotopic (exact) mass is 547 g/mol. The van der Waals surface area contributed by atoms with Gasteiger partial charge in [0.05, 0.1) is 11.6 Å². The summed E-state index contributed by atoms with van der Waals surface area (Å²) in [5.74, 6) is 0.700. The van der Waals surface area contributed by atoms with Crippen molar-refractivity contribution in [2.45, 2.75) is 31.8 Å². The van der Waals surface area contributed by atoms with E-state index in [0.29, 0.717) is 51.6 Å². The highest BCUT2D eigenvalue weighted by atomic mass is 35.5. The van der Waals surface area contributed by atoms with Gasteiger partial charge in [0.25, 0.3) is 0 Å². The Kier molecular flexibility index (Phi) is 6.69. The number of aliphatic hydroxyl groups is 1. The fourth-order valence-corrected chi connectivity index (χ4v) is 5.65. The predicted molar refractivity (Wildman–Crippen MR) is 161 cm³/mol. The third-order valence-corrected chi connectivity index (χ3v) is 8.32. The Balaban J connectivity index is 1.62. The smallest absolute Gasteiger partial charge is 0.182 e. The van der Waals surface area contributed by atoms with Crippen LogP contribution in [0.2, 0.25) is 5.02 Å².